The second kappa shape index (κ2) is 10.1. The van der Waals surface area contributed by atoms with E-state index in [4.69, 9.17) is 9.47 Å². The van der Waals surface area contributed by atoms with E-state index in [1.54, 1.807) is 25.8 Å². The Labute approximate surface area is 179 Å². The van der Waals surface area contributed by atoms with E-state index in [1.807, 2.05) is 24.3 Å². The number of benzene rings is 1. The number of hydrogen-bond acceptors (Lipinski definition) is 7. The van der Waals surface area contributed by atoms with Gasteiger partial charge in [-0.3, -0.25) is 4.79 Å². The van der Waals surface area contributed by atoms with Crippen molar-refractivity contribution in [2.45, 2.75) is 31.2 Å². The Kier molecular flexibility index (Phi) is 7.57. The number of thiophene rings is 1. The number of fused-ring (bicyclic) bond motifs is 1. The molecule has 0 atom stereocenters. The number of hydrogen-bond donors (Lipinski definition) is 1. The highest BCUT2D eigenvalue weighted by Gasteiger charge is 2.28. The number of nitrogens with one attached hydrogen (secondary N) is 1. The highest BCUT2D eigenvalue weighted by atomic mass is 32.2. The number of thioether (sulfide) groups is 1. The van der Waals surface area contributed by atoms with Crippen molar-refractivity contribution in [1.29, 1.82) is 0 Å². The predicted octanol–water partition coefficient (Wildman–Crippen LogP) is 4.04. The molecule has 0 bridgehead atoms. The van der Waals surface area contributed by atoms with Crippen LogP contribution in [0.3, 0.4) is 0 Å². The summed E-state index contributed by atoms with van der Waals surface area (Å²) in [6.45, 7) is 3.78. The van der Waals surface area contributed by atoms with Gasteiger partial charge in [-0.15, -0.1) is 23.1 Å². The summed E-state index contributed by atoms with van der Waals surface area (Å²) in [5.74, 6) is 1.02. The van der Waals surface area contributed by atoms with Gasteiger partial charge >= 0.3 is 5.97 Å². The maximum Gasteiger partial charge on any atom is 0.341 e. The van der Waals surface area contributed by atoms with E-state index in [2.05, 4.69) is 17.3 Å². The Morgan fingerprint density at radius 2 is 2.03 bits per heavy atom. The summed E-state index contributed by atoms with van der Waals surface area (Å²) in [5, 5.41) is 3.57. The average Bonchev–Trinajstić information content (AvgIpc) is 3.05. The van der Waals surface area contributed by atoms with Crippen LogP contribution in [-0.4, -0.2) is 49.8 Å². The van der Waals surface area contributed by atoms with Gasteiger partial charge in [0.2, 0.25) is 5.91 Å². The molecule has 8 heteroatoms. The van der Waals surface area contributed by atoms with Gasteiger partial charge in [0, 0.05) is 35.0 Å². The zero-order valence-electron chi connectivity index (χ0n) is 16.9. The van der Waals surface area contributed by atoms with Gasteiger partial charge in [-0.25, -0.2) is 4.79 Å². The molecular formula is C21H26N2O4S2. The second-order valence-corrected chi connectivity index (χ2v) is 9.01. The normalized spacial score (nSPS) is 13.6. The number of ether oxygens (including phenoxy) is 2. The third-order valence-electron chi connectivity index (χ3n) is 4.64. The zero-order chi connectivity index (χ0) is 20.8. The fourth-order valence-electron chi connectivity index (χ4n) is 3.16. The number of likely N-dealkylation sites (N-methyl/N-ethyl adjacent to an activating group) is 1. The summed E-state index contributed by atoms with van der Waals surface area (Å²) in [7, 11) is 3.69. The first-order chi connectivity index (χ1) is 14.0. The molecule has 1 aliphatic heterocycles. The van der Waals surface area contributed by atoms with Crippen LogP contribution in [0.5, 0.6) is 5.75 Å². The minimum atomic E-state index is -0.350. The van der Waals surface area contributed by atoms with E-state index >= 15 is 0 Å². The number of rotatable bonds is 8. The Morgan fingerprint density at radius 3 is 2.72 bits per heavy atom. The number of methoxy groups -OCH3 is 1. The van der Waals surface area contributed by atoms with Crippen LogP contribution >= 0.6 is 23.1 Å². The van der Waals surface area contributed by atoms with Gasteiger partial charge < -0.3 is 19.7 Å². The summed E-state index contributed by atoms with van der Waals surface area (Å²) >= 11 is 3.10. The van der Waals surface area contributed by atoms with E-state index in [9.17, 15) is 9.59 Å². The van der Waals surface area contributed by atoms with Crippen molar-refractivity contribution >= 4 is 40.0 Å². The minimum absolute atomic E-state index is 0.0940. The summed E-state index contributed by atoms with van der Waals surface area (Å²) in [4.78, 5) is 29.5. The molecule has 2 aromatic rings. The van der Waals surface area contributed by atoms with E-state index in [0.29, 0.717) is 29.3 Å². The molecule has 3 rings (SSSR count). The van der Waals surface area contributed by atoms with E-state index in [-0.39, 0.29) is 11.9 Å². The Balaban J connectivity index is 1.63. The lowest BCUT2D eigenvalue weighted by Gasteiger charge is -2.22. The maximum absolute atomic E-state index is 12.5. The van der Waals surface area contributed by atoms with Crippen LogP contribution in [0.15, 0.2) is 29.2 Å². The summed E-state index contributed by atoms with van der Waals surface area (Å²) in [5.41, 5.74) is 1.56. The van der Waals surface area contributed by atoms with Crippen LogP contribution in [0, 0.1) is 0 Å². The number of amides is 1. The van der Waals surface area contributed by atoms with Crippen molar-refractivity contribution in [1.82, 2.24) is 4.90 Å². The van der Waals surface area contributed by atoms with Crippen molar-refractivity contribution in [3.8, 4) is 5.75 Å². The van der Waals surface area contributed by atoms with Crippen molar-refractivity contribution in [2.75, 3.05) is 38.4 Å². The number of nitrogens with zero attached hydrogens (tertiary/aromatic N) is 1. The lowest BCUT2D eigenvalue weighted by Crippen LogP contribution is -2.26. The standard InChI is InChI=1S/C21H26N2O4S2/c1-4-27-21(25)19-16-9-11-23(2)13-17(16)29-20(19)22-18(24)10-12-28-15-7-5-14(26-3)6-8-15/h5-8H,4,9-13H2,1-3H3,(H,22,24). The molecule has 1 N–H and O–H groups in total. The van der Waals surface area contributed by atoms with Crippen molar-refractivity contribution in [3.05, 3.63) is 40.3 Å². The average molecular weight is 435 g/mol. The van der Waals surface area contributed by atoms with Crippen LogP contribution in [0.1, 0.15) is 34.1 Å². The zero-order valence-corrected chi connectivity index (χ0v) is 18.6. The predicted molar refractivity (Wildman–Crippen MR) is 117 cm³/mol. The molecular weight excluding hydrogens is 408 g/mol. The largest absolute Gasteiger partial charge is 0.497 e. The molecule has 1 aliphatic rings. The lowest BCUT2D eigenvalue weighted by molar-refractivity contribution is -0.115. The van der Waals surface area contributed by atoms with Gasteiger partial charge in [-0.1, -0.05) is 0 Å². The monoisotopic (exact) mass is 434 g/mol. The minimum Gasteiger partial charge on any atom is -0.497 e. The third-order valence-corrected chi connectivity index (χ3v) is 6.78. The van der Waals surface area contributed by atoms with Gasteiger partial charge in [0.25, 0.3) is 0 Å². The van der Waals surface area contributed by atoms with Gasteiger partial charge in [-0.05, 0) is 50.2 Å². The molecule has 29 heavy (non-hydrogen) atoms. The van der Waals surface area contributed by atoms with Crippen LogP contribution in [0.4, 0.5) is 5.00 Å². The molecule has 1 amide bonds. The highest BCUT2D eigenvalue weighted by Crippen LogP contribution is 2.37. The van der Waals surface area contributed by atoms with Crippen LogP contribution < -0.4 is 10.1 Å². The van der Waals surface area contributed by atoms with Gasteiger partial charge in [-0.2, -0.15) is 0 Å². The summed E-state index contributed by atoms with van der Waals surface area (Å²) in [6.07, 6.45) is 1.15. The van der Waals surface area contributed by atoms with Crippen LogP contribution in [0.25, 0.3) is 0 Å². The molecule has 0 saturated heterocycles. The summed E-state index contributed by atoms with van der Waals surface area (Å²) in [6, 6.07) is 7.76. The quantitative estimate of drug-likeness (QED) is 0.500. The molecule has 0 aliphatic carbocycles. The number of carbonyl (C=O) groups is 2. The van der Waals surface area contributed by atoms with Gasteiger partial charge in [0.15, 0.2) is 0 Å². The second-order valence-electron chi connectivity index (χ2n) is 6.74. The fourth-order valence-corrected chi connectivity index (χ4v) is 5.34. The topological polar surface area (TPSA) is 67.9 Å². The first-order valence-corrected chi connectivity index (χ1v) is 11.4. The molecule has 156 valence electrons. The number of anilines is 1. The van der Waals surface area contributed by atoms with E-state index in [0.717, 1.165) is 40.6 Å². The molecule has 0 saturated carbocycles. The number of esters is 1. The lowest BCUT2D eigenvalue weighted by atomic mass is 10.0. The third kappa shape index (κ3) is 5.52. The summed E-state index contributed by atoms with van der Waals surface area (Å²) < 4.78 is 10.4. The van der Waals surface area contributed by atoms with E-state index < -0.39 is 0 Å². The Morgan fingerprint density at radius 1 is 1.28 bits per heavy atom. The van der Waals surface area contributed by atoms with Gasteiger partial charge in [0.05, 0.1) is 19.3 Å². The van der Waals surface area contributed by atoms with Crippen molar-refractivity contribution in [2.24, 2.45) is 0 Å². The molecule has 0 spiro atoms. The van der Waals surface area contributed by atoms with Gasteiger partial charge in [0.1, 0.15) is 10.8 Å². The van der Waals surface area contributed by atoms with Crippen LogP contribution in [0.2, 0.25) is 0 Å². The van der Waals surface area contributed by atoms with Crippen molar-refractivity contribution < 1.29 is 19.1 Å². The highest BCUT2D eigenvalue weighted by molar-refractivity contribution is 7.99. The Bertz CT molecular complexity index is 864. The van der Waals surface area contributed by atoms with E-state index in [1.165, 1.54) is 11.3 Å². The maximum atomic E-state index is 12.5. The molecule has 1 aromatic carbocycles. The molecule has 1 aromatic heterocycles. The molecule has 2 heterocycles. The van der Waals surface area contributed by atoms with Crippen LogP contribution in [-0.2, 0) is 22.5 Å². The first kappa shape index (κ1) is 21.7. The smallest absolute Gasteiger partial charge is 0.341 e. The first-order valence-electron chi connectivity index (χ1n) is 9.58. The molecule has 0 unspecified atom stereocenters. The molecule has 6 nitrogen and oxygen atoms in total. The Hall–Kier alpha value is -2.03. The molecule has 0 radical (unpaired) electrons. The fraction of sp³-hybridized carbons (Fsp3) is 0.429. The SMILES string of the molecule is CCOC(=O)c1c(NC(=O)CCSc2ccc(OC)cc2)sc2c1CCN(C)C2. The molecule has 0 fully saturated rings. The van der Waals surface area contributed by atoms with Crippen molar-refractivity contribution in [3.63, 3.8) is 0 Å². The number of carbonyl (C=O) groups excluding carboxylic acids is 2.